The van der Waals surface area contributed by atoms with Crippen LogP contribution in [0.1, 0.15) is 38.7 Å². The summed E-state index contributed by atoms with van der Waals surface area (Å²) in [5.41, 5.74) is -0.227. The highest BCUT2D eigenvalue weighted by Gasteiger charge is 2.28. The molecule has 0 aliphatic heterocycles. The monoisotopic (exact) mass is 374 g/mol. The first-order chi connectivity index (χ1) is 8.00. The lowest BCUT2D eigenvalue weighted by atomic mass is 9.92. The van der Waals surface area contributed by atoms with Gasteiger partial charge >= 0.3 is 6.18 Å². The molecule has 0 spiro atoms. The van der Waals surface area contributed by atoms with Crippen molar-refractivity contribution in [3.63, 3.8) is 0 Å². The van der Waals surface area contributed by atoms with E-state index in [1.54, 1.807) is 0 Å². The van der Waals surface area contributed by atoms with Gasteiger partial charge in [0, 0.05) is 11.8 Å². The van der Waals surface area contributed by atoms with E-state index in [0.29, 0.717) is 9.26 Å². The average Bonchev–Trinajstić information content (AvgIpc) is 2.16. The molecule has 0 saturated heterocycles. The van der Waals surface area contributed by atoms with Crippen LogP contribution in [0.4, 0.5) is 13.2 Å². The summed E-state index contributed by atoms with van der Waals surface area (Å²) < 4.78 is 36.8. The third-order valence-electron chi connectivity index (χ3n) is 2.27. The maximum atomic E-state index is 12.1. The number of rotatable bonds is 2. The summed E-state index contributed by atoms with van der Waals surface area (Å²) in [6, 6.07) is 0. The Hall–Kier alpha value is -0.600. The van der Waals surface area contributed by atoms with Gasteiger partial charge in [-0.2, -0.15) is 13.2 Å². The number of hydrogen-bond donors (Lipinski definition) is 1. The van der Waals surface area contributed by atoms with E-state index in [1.165, 1.54) is 0 Å². The zero-order valence-electron chi connectivity index (χ0n) is 10.3. The predicted molar refractivity (Wildman–Crippen MR) is 70.7 cm³/mol. The summed E-state index contributed by atoms with van der Waals surface area (Å²) in [6.07, 6.45) is -5.54. The standard InChI is InChI=1S/C11H14F3IN2O/c1-10(2,3)8-7(15)9(18)17-6(16-8)4-5-11(12,13)14/h4-5H2,1-3H3,(H,16,17,18). The summed E-state index contributed by atoms with van der Waals surface area (Å²) in [5, 5.41) is 0. The number of H-pyrrole nitrogens is 1. The summed E-state index contributed by atoms with van der Waals surface area (Å²) in [5.74, 6) is 0.0858. The first-order valence-corrected chi connectivity index (χ1v) is 6.44. The largest absolute Gasteiger partial charge is 0.389 e. The van der Waals surface area contributed by atoms with E-state index in [0.717, 1.165) is 0 Å². The molecule has 18 heavy (non-hydrogen) atoms. The molecule has 1 aromatic rings. The van der Waals surface area contributed by atoms with E-state index in [2.05, 4.69) is 9.97 Å². The lowest BCUT2D eigenvalue weighted by molar-refractivity contribution is -0.134. The fourth-order valence-electron chi connectivity index (χ4n) is 1.38. The van der Waals surface area contributed by atoms with Crippen molar-refractivity contribution in [2.75, 3.05) is 0 Å². The molecular weight excluding hydrogens is 360 g/mol. The van der Waals surface area contributed by atoms with Crippen LogP contribution in [0.25, 0.3) is 0 Å². The lowest BCUT2D eigenvalue weighted by Crippen LogP contribution is -2.26. The van der Waals surface area contributed by atoms with Gasteiger partial charge < -0.3 is 4.98 Å². The Morgan fingerprint density at radius 2 is 1.83 bits per heavy atom. The zero-order valence-corrected chi connectivity index (χ0v) is 12.4. The van der Waals surface area contributed by atoms with Crippen molar-refractivity contribution in [3.05, 3.63) is 25.4 Å². The molecule has 1 heterocycles. The minimum atomic E-state index is -4.25. The van der Waals surface area contributed by atoms with Crippen LogP contribution in [-0.4, -0.2) is 16.1 Å². The van der Waals surface area contributed by atoms with Gasteiger partial charge in [0.1, 0.15) is 9.39 Å². The quantitative estimate of drug-likeness (QED) is 0.809. The number of alkyl halides is 3. The number of aryl methyl sites for hydroxylation is 1. The van der Waals surface area contributed by atoms with Crippen molar-refractivity contribution in [1.29, 1.82) is 0 Å². The first kappa shape index (κ1) is 15.5. The SMILES string of the molecule is CC(C)(C)c1nc(CCC(F)(F)F)[nH]c(=O)c1I. The molecule has 0 unspecified atom stereocenters. The van der Waals surface area contributed by atoms with Crippen LogP contribution < -0.4 is 5.56 Å². The van der Waals surface area contributed by atoms with E-state index >= 15 is 0 Å². The van der Waals surface area contributed by atoms with Crippen LogP contribution in [0, 0.1) is 3.57 Å². The van der Waals surface area contributed by atoms with E-state index in [1.807, 2.05) is 43.4 Å². The fraction of sp³-hybridized carbons (Fsp3) is 0.636. The second kappa shape index (κ2) is 5.18. The number of aromatic amines is 1. The van der Waals surface area contributed by atoms with E-state index in [4.69, 9.17) is 0 Å². The molecule has 0 saturated carbocycles. The molecule has 0 radical (unpaired) electrons. The Bertz CT molecular complexity index is 489. The molecule has 0 aromatic carbocycles. The molecule has 0 aliphatic carbocycles. The highest BCUT2D eigenvalue weighted by molar-refractivity contribution is 14.1. The van der Waals surface area contributed by atoms with Gasteiger partial charge in [-0.05, 0) is 22.6 Å². The molecule has 1 aromatic heterocycles. The van der Waals surface area contributed by atoms with E-state index < -0.39 is 12.6 Å². The van der Waals surface area contributed by atoms with Gasteiger partial charge in [0.25, 0.3) is 5.56 Å². The summed E-state index contributed by atoms with van der Waals surface area (Å²) in [7, 11) is 0. The number of nitrogens with zero attached hydrogens (tertiary/aromatic N) is 1. The van der Waals surface area contributed by atoms with Crippen LogP contribution in [0.5, 0.6) is 0 Å². The van der Waals surface area contributed by atoms with Gasteiger partial charge in [-0.1, -0.05) is 20.8 Å². The van der Waals surface area contributed by atoms with Gasteiger partial charge in [0.2, 0.25) is 0 Å². The highest BCUT2D eigenvalue weighted by Crippen LogP contribution is 2.24. The predicted octanol–water partition coefficient (Wildman–Crippen LogP) is 3.17. The Labute approximate surface area is 116 Å². The molecule has 1 rings (SSSR count). The number of halogens is 4. The van der Waals surface area contributed by atoms with Gasteiger partial charge in [-0.25, -0.2) is 4.98 Å². The van der Waals surface area contributed by atoms with Crippen molar-refractivity contribution in [1.82, 2.24) is 9.97 Å². The number of hydrogen-bond acceptors (Lipinski definition) is 2. The maximum absolute atomic E-state index is 12.1. The van der Waals surface area contributed by atoms with Crippen molar-refractivity contribution in [3.8, 4) is 0 Å². The minimum absolute atomic E-state index is 0.0858. The molecule has 0 atom stereocenters. The molecule has 102 valence electrons. The van der Waals surface area contributed by atoms with Crippen LogP contribution >= 0.6 is 22.6 Å². The van der Waals surface area contributed by atoms with Crippen molar-refractivity contribution in [2.24, 2.45) is 0 Å². The third kappa shape index (κ3) is 4.25. The zero-order chi connectivity index (χ0) is 14.1. The second-order valence-corrected chi connectivity index (χ2v) is 6.12. The molecule has 3 nitrogen and oxygen atoms in total. The van der Waals surface area contributed by atoms with E-state index in [9.17, 15) is 18.0 Å². The number of aromatic nitrogens is 2. The fourth-order valence-corrected chi connectivity index (χ4v) is 2.45. The Morgan fingerprint density at radius 1 is 1.28 bits per heavy atom. The maximum Gasteiger partial charge on any atom is 0.389 e. The third-order valence-corrected chi connectivity index (χ3v) is 3.27. The highest BCUT2D eigenvalue weighted by atomic mass is 127. The molecule has 1 N–H and O–H groups in total. The normalized spacial score (nSPS) is 12.8. The van der Waals surface area contributed by atoms with Crippen LogP contribution in [-0.2, 0) is 11.8 Å². The summed E-state index contributed by atoms with van der Waals surface area (Å²) in [4.78, 5) is 18.2. The van der Waals surface area contributed by atoms with Crippen LogP contribution in [0.2, 0.25) is 0 Å². The van der Waals surface area contributed by atoms with E-state index in [-0.39, 0.29) is 23.2 Å². The van der Waals surface area contributed by atoms with Gasteiger partial charge in [0.05, 0.1) is 12.1 Å². The molecule has 7 heteroatoms. The molecule has 0 fully saturated rings. The first-order valence-electron chi connectivity index (χ1n) is 5.36. The second-order valence-electron chi connectivity index (χ2n) is 5.04. The van der Waals surface area contributed by atoms with Gasteiger partial charge in [-0.15, -0.1) is 0 Å². The van der Waals surface area contributed by atoms with Crippen molar-refractivity contribution >= 4 is 22.6 Å². The Balaban J connectivity index is 3.10. The average molecular weight is 374 g/mol. The Kier molecular flexibility index (Phi) is 4.45. The minimum Gasteiger partial charge on any atom is -0.310 e. The van der Waals surface area contributed by atoms with Gasteiger partial charge in [0.15, 0.2) is 0 Å². The summed E-state index contributed by atoms with van der Waals surface area (Å²) >= 11 is 1.86. The summed E-state index contributed by atoms with van der Waals surface area (Å²) in [6.45, 7) is 5.60. The molecule has 0 aliphatic rings. The molecular formula is C11H14F3IN2O. The Morgan fingerprint density at radius 3 is 2.28 bits per heavy atom. The molecule has 0 amide bonds. The number of nitrogens with one attached hydrogen (secondary N) is 1. The van der Waals surface area contributed by atoms with Crippen molar-refractivity contribution in [2.45, 2.75) is 45.2 Å². The smallest absolute Gasteiger partial charge is 0.310 e. The van der Waals surface area contributed by atoms with Crippen LogP contribution in [0.3, 0.4) is 0 Å². The van der Waals surface area contributed by atoms with Gasteiger partial charge in [-0.3, -0.25) is 4.79 Å². The van der Waals surface area contributed by atoms with Crippen molar-refractivity contribution < 1.29 is 13.2 Å². The lowest BCUT2D eigenvalue weighted by Gasteiger charge is -2.19. The topological polar surface area (TPSA) is 45.8 Å². The molecule has 0 bridgehead atoms. The van der Waals surface area contributed by atoms with Crippen LogP contribution in [0.15, 0.2) is 4.79 Å².